The molecule has 5 nitrogen and oxygen atoms in total. The zero-order chi connectivity index (χ0) is 18.7. The fourth-order valence-electron chi connectivity index (χ4n) is 4.27. The smallest absolute Gasteiger partial charge is 0.161 e. The molecule has 144 valence electrons. The number of aliphatic hydroxyl groups excluding tert-OH is 1. The predicted octanol–water partition coefficient (Wildman–Crippen LogP) is 2.93. The molecular formula is C22H27NO4. The Balaban J connectivity index is 1.41. The third kappa shape index (κ3) is 3.49. The highest BCUT2D eigenvalue weighted by Crippen LogP contribution is 2.49. The average Bonchev–Trinajstić information content (AvgIpc) is 3.09. The van der Waals surface area contributed by atoms with E-state index in [0.717, 1.165) is 36.9 Å². The number of benzene rings is 2. The predicted molar refractivity (Wildman–Crippen MR) is 104 cm³/mol. The fourth-order valence-corrected chi connectivity index (χ4v) is 4.27. The molecule has 5 heteroatoms. The molecule has 2 atom stereocenters. The lowest BCUT2D eigenvalue weighted by Crippen LogP contribution is -2.42. The minimum atomic E-state index is -0.225. The van der Waals surface area contributed by atoms with E-state index in [9.17, 15) is 5.11 Å². The number of ether oxygens (including phenoxy) is 3. The van der Waals surface area contributed by atoms with E-state index < -0.39 is 0 Å². The van der Waals surface area contributed by atoms with Crippen molar-refractivity contribution < 1.29 is 19.3 Å². The molecule has 4 rings (SSSR count). The summed E-state index contributed by atoms with van der Waals surface area (Å²) in [5.74, 6) is 2.81. The second kappa shape index (κ2) is 7.79. The normalized spacial score (nSPS) is 24.0. The van der Waals surface area contributed by atoms with Crippen LogP contribution in [0.3, 0.4) is 0 Å². The number of fused-ring (bicyclic) bond motifs is 3. The van der Waals surface area contributed by atoms with Gasteiger partial charge in [0.2, 0.25) is 0 Å². The van der Waals surface area contributed by atoms with Crippen LogP contribution in [0.15, 0.2) is 48.5 Å². The molecule has 27 heavy (non-hydrogen) atoms. The number of nitrogens with zero attached hydrogens (tertiary/aromatic N) is 1. The largest absolute Gasteiger partial charge is 0.493 e. The van der Waals surface area contributed by atoms with Gasteiger partial charge in [0, 0.05) is 31.0 Å². The van der Waals surface area contributed by atoms with E-state index in [1.807, 2.05) is 49.4 Å². The summed E-state index contributed by atoms with van der Waals surface area (Å²) in [5, 5.41) is 10.1. The van der Waals surface area contributed by atoms with Crippen LogP contribution in [0.25, 0.3) is 0 Å². The summed E-state index contributed by atoms with van der Waals surface area (Å²) in [6.45, 7) is 6.41. The monoisotopic (exact) mass is 369 g/mol. The molecular weight excluding hydrogens is 342 g/mol. The summed E-state index contributed by atoms with van der Waals surface area (Å²) in [5.41, 5.74) is 0.986. The van der Waals surface area contributed by atoms with Gasteiger partial charge in [-0.25, -0.2) is 0 Å². The first-order valence-electron chi connectivity index (χ1n) is 9.65. The Kier molecular flexibility index (Phi) is 5.23. The number of hydrogen-bond acceptors (Lipinski definition) is 5. The van der Waals surface area contributed by atoms with Crippen LogP contribution in [-0.4, -0.2) is 56.1 Å². The zero-order valence-corrected chi connectivity index (χ0v) is 15.8. The van der Waals surface area contributed by atoms with Gasteiger partial charge in [-0.15, -0.1) is 0 Å². The Morgan fingerprint density at radius 3 is 2.63 bits per heavy atom. The number of hydrogen-bond donors (Lipinski definition) is 1. The third-order valence-electron chi connectivity index (χ3n) is 5.66. The molecule has 0 amide bonds. The molecule has 1 N–H and O–H groups in total. The second-order valence-corrected chi connectivity index (χ2v) is 7.36. The summed E-state index contributed by atoms with van der Waals surface area (Å²) in [6, 6.07) is 16.0. The highest BCUT2D eigenvalue weighted by molar-refractivity contribution is 5.41. The Morgan fingerprint density at radius 1 is 1.11 bits per heavy atom. The van der Waals surface area contributed by atoms with Crippen molar-refractivity contribution in [1.82, 2.24) is 4.90 Å². The SMILES string of the molecule is CCOc1ccccc1OCCN1C[C@@H]2c3ccccc3OC[C@]2(CO)C1. The maximum Gasteiger partial charge on any atom is 0.161 e. The zero-order valence-electron chi connectivity index (χ0n) is 15.8. The van der Waals surface area contributed by atoms with Crippen LogP contribution in [0.1, 0.15) is 18.4 Å². The number of aliphatic hydroxyl groups is 1. The van der Waals surface area contributed by atoms with Crippen molar-refractivity contribution in [3.05, 3.63) is 54.1 Å². The Bertz CT molecular complexity index is 780. The van der Waals surface area contributed by atoms with E-state index in [0.29, 0.717) is 25.7 Å². The van der Waals surface area contributed by atoms with Crippen molar-refractivity contribution in [1.29, 1.82) is 0 Å². The van der Waals surface area contributed by atoms with Gasteiger partial charge in [0.25, 0.3) is 0 Å². The number of likely N-dealkylation sites (tertiary alicyclic amines) is 1. The lowest BCUT2D eigenvalue weighted by atomic mass is 9.74. The number of para-hydroxylation sites is 3. The first kappa shape index (κ1) is 18.1. The fraction of sp³-hybridized carbons (Fsp3) is 0.455. The standard InChI is InChI=1S/C22H27NO4/c1-2-25-20-9-5-6-10-21(20)26-12-11-23-13-18-17-7-3-4-8-19(17)27-16-22(18,14-23)15-24/h3-10,18,24H,2,11-16H2,1H3/t18-,22-/m1/s1. The van der Waals surface area contributed by atoms with Crippen molar-refractivity contribution in [2.75, 3.05) is 46.1 Å². The Labute approximate surface area is 160 Å². The molecule has 2 aromatic rings. The molecule has 0 bridgehead atoms. The summed E-state index contributed by atoms with van der Waals surface area (Å²) in [7, 11) is 0. The van der Waals surface area contributed by atoms with Gasteiger partial charge in [0.15, 0.2) is 11.5 Å². The van der Waals surface area contributed by atoms with Gasteiger partial charge in [-0.3, -0.25) is 4.90 Å². The van der Waals surface area contributed by atoms with E-state index in [4.69, 9.17) is 14.2 Å². The molecule has 2 heterocycles. The molecule has 0 spiro atoms. The topological polar surface area (TPSA) is 51.2 Å². The summed E-state index contributed by atoms with van der Waals surface area (Å²) in [6.07, 6.45) is 0. The van der Waals surface area contributed by atoms with Crippen LogP contribution in [-0.2, 0) is 0 Å². The highest BCUT2D eigenvalue weighted by atomic mass is 16.5. The first-order chi connectivity index (χ1) is 13.3. The third-order valence-corrected chi connectivity index (χ3v) is 5.66. The van der Waals surface area contributed by atoms with E-state index in [-0.39, 0.29) is 12.0 Å². The van der Waals surface area contributed by atoms with Gasteiger partial charge >= 0.3 is 0 Å². The summed E-state index contributed by atoms with van der Waals surface area (Å²) < 4.78 is 17.6. The van der Waals surface area contributed by atoms with Crippen molar-refractivity contribution in [3.63, 3.8) is 0 Å². The van der Waals surface area contributed by atoms with Crippen LogP contribution in [0.4, 0.5) is 0 Å². The van der Waals surface area contributed by atoms with E-state index in [2.05, 4.69) is 11.0 Å². The molecule has 0 unspecified atom stereocenters. The van der Waals surface area contributed by atoms with Crippen LogP contribution in [0, 0.1) is 5.41 Å². The Morgan fingerprint density at radius 2 is 1.85 bits per heavy atom. The molecule has 1 fully saturated rings. The molecule has 2 aliphatic rings. The molecule has 0 aliphatic carbocycles. The minimum absolute atomic E-state index is 0.135. The van der Waals surface area contributed by atoms with Gasteiger partial charge in [-0.1, -0.05) is 30.3 Å². The quantitative estimate of drug-likeness (QED) is 0.813. The van der Waals surface area contributed by atoms with Gasteiger partial charge in [-0.2, -0.15) is 0 Å². The van der Waals surface area contributed by atoms with Crippen molar-refractivity contribution >= 4 is 0 Å². The van der Waals surface area contributed by atoms with Crippen LogP contribution in [0.2, 0.25) is 0 Å². The maximum absolute atomic E-state index is 10.1. The van der Waals surface area contributed by atoms with E-state index in [1.165, 1.54) is 5.56 Å². The lowest BCUT2D eigenvalue weighted by Gasteiger charge is -2.38. The molecule has 2 aliphatic heterocycles. The van der Waals surface area contributed by atoms with E-state index in [1.54, 1.807) is 0 Å². The summed E-state index contributed by atoms with van der Waals surface area (Å²) in [4.78, 5) is 2.37. The van der Waals surface area contributed by atoms with Crippen molar-refractivity contribution in [3.8, 4) is 17.2 Å². The number of rotatable bonds is 7. The van der Waals surface area contributed by atoms with Crippen LogP contribution >= 0.6 is 0 Å². The van der Waals surface area contributed by atoms with Gasteiger partial charge < -0.3 is 19.3 Å². The summed E-state index contributed by atoms with van der Waals surface area (Å²) >= 11 is 0. The molecule has 1 saturated heterocycles. The van der Waals surface area contributed by atoms with Gasteiger partial charge in [0.05, 0.1) is 19.8 Å². The van der Waals surface area contributed by atoms with Crippen molar-refractivity contribution in [2.45, 2.75) is 12.8 Å². The molecule has 0 radical (unpaired) electrons. The van der Waals surface area contributed by atoms with Crippen LogP contribution in [0.5, 0.6) is 17.2 Å². The minimum Gasteiger partial charge on any atom is -0.493 e. The molecule has 0 aromatic heterocycles. The lowest BCUT2D eigenvalue weighted by molar-refractivity contribution is 0.0454. The molecule has 0 saturated carbocycles. The van der Waals surface area contributed by atoms with Gasteiger partial charge in [0.1, 0.15) is 12.4 Å². The Hall–Kier alpha value is -2.24. The van der Waals surface area contributed by atoms with Crippen LogP contribution < -0.4 is 14.2 Å². The van der Waals surface area contributed by atoms with E-state index >= 15 is 0 Å². The average molecular weight is 369 g/mol. The highest BCUT2D eigenvalue weighted by Gasteiger charge is 2.50. The molecule has 2 aromatic carbocycles. The maximum atomic E-state index is 10.1. The first-order valence-corrected chi connectivity index (χ1v) is 9.65. The van der Waals surface area contributed by atoms with Gasteiger partial charge in [-0.05, 0) is 30.7 Å². The van der Waals surface area contributed by atoms with Crippen molar-refractivity contribution in [2.24, 2.45) is 5.41 Å². The second-order valence-electron chi connectivity index (χ2n) is 7.36.